The van der Waals surface area contributed by atoms with Gasteiger partial charge in [-0.25, -0.2) is 4.68 Å². The summed E-state index contributed by atoms with van der Waals surface area (Å²) in [6.45, 7) is 6.43. The molecule has 2 aliphatic heterocycles. The van der Waals surface area contributed by atoms with Crippen molar-refractivity contribution >= 4 is 46.0 Å². The molecular formula is C27H29Cl2N7. The highest BCUT2D eigenvalue weighted by atomic mass is 35.5. The zero-order valence-electron chi connectivity index (χ0n) is 20.2. The summed E-state index contributed by atoms with van der Waals surface area (Å²) in [5.74, 6) is 1.79. The Labute approximate surface area is 221 Å². The molecule has 0 unspecified atom stereocenters. The monoisotopic (exact) mass is 521 g/mol. The van der Waals surface area contributed by atoms with Crippen LogP contribution in [0.5, 0.6) is 0 Å². The van der Waals surface area contributed by atoms with Crippen molar-refractivity contribution in [3.05, 3.63) is 70.3 Å². The Kier molecular flexibility index (Phi) is 6.69. The molecule has 2 fully saturated rings. The van der Waals surface area contributed by atoms with E-state index in [0.29, 0.717) is 5.02 Å². The second kappa shape index (κ2) is 10.2. The molecule has 7 nitrogen and oxygen atoms in total. The zero-order valence-corrected chi connectivity index (χ0v) is 21.7. The SMILES string of the molecule is Clc1ccc(CN2CCN(c3nc(N4CCCCC4)nc4c3cnn4-c3ccccc3)CC2)c(Cl)c1. The topological polar surface area (TPSA) is 53.3 Å². The van der Waals surface area contributed by atoms with Crippen LogP contribution < -0.4 is 9.80 Å². The molecule has 9 heteroatoms. The lowest BCUT2D eigenvalue weighted by Crippen LogP contribution is -2.46. The van der Waals surface area contributed by atoms with Gasteiger partial charge in [0.05, 0.1) is 17.3 Å². The highest BCUT2D eigenvalue weighted by molar-refractivity contribution is 6.35. The molecule has 2 aromatic carbocycles. The van der Waals surface area contributed by atoms with Crippen molar-refractivity contribution in [1.82, 2.24) is 24.6 Å². The third kappa shape index (κ3) is 4.75. The molecular weight excluding hydrogens is 493 g/mol. The fourth-order valence-electron chi connectivity index (χ4n) is 5.13. The molecule has 4 aromatic rings. The van der Waals surface area contributed by atoms with Crippen molar-refractivity contribution in [2.24, 2.45) is 0 Å². The lowest BCUT2D eigenvalue weighted by Gasteiger charge is -2.36. The Morgan fingerprint density at radius 3 is 2.31 bits per heavy atom. The van der Waals surface area contributed by atoms with E-state index < -0.39 is 0 Å². The van der Waals surface area contributed by atoms with Crippen LogP contribution in [-0.4, -0.2) is 63.9 Å². The number of fused-ring (bicyclic) bond motifs is 1. The Morgan fingerprint density at radius 2 is 1.56 bits per heavy atom. The highest BCUT2D eigenvalue weighted by Crippen LogP contribution is 2.30. The molecule has 0 saturated carbocycles. The van der Waals surface area contributed by atoms with Gasteiger partial charge in [-0.05, 0) is 49.1 Å². The first-order chi connectivity index (χ1) is 17.7. The fourth-order valence-corrected chi connectivity index (χ4v) is 5.59. The summed E-state index contributed by atoms with van der Waals surface area (Å²) in [5, 5.41) is 7.11. The predicted octanol–water partition coefficient (Wildman–Crippen LogP) is 5.43. The summed E-state index contributed by atoms with van der Waals surface area (Å²) in [6, 6.07) is 16.0. The summed E-state index contributed by atoms with van der Waals surface area (Å²) in [6.07, 6.45) is 5.55. The average molecular weight is 522 g/mol. The molecule has 6 rings (SSSR count). The molecule has 0 amide bonds. The van der Waals surface area contributed by atoms with Gasteiger partial charge in [-0.2, -0.15) is 15.1 Å². The summed E-state index contributed by atoms with van der Waals surface area (Å²) in [7, 11) is 0. The zero-order chi connectivity index (χ0) is 24.5. The van der Waals surface area contributed by atoms with Crippen LogP contribution in [0.1, 0.15) is 24.8 Å². The van der Waals surface area contributed by atoms with Crippen LogP contribution >= 0.6 is 23.2 Å². The van der Waals surface area contributed by atoms with Crippen LogP contribution in [0.15, 0.2) is 54.7 Å². The average Bonchev–Trinajstić information content (AvgIpc) is 3.35. The van der Waals surface area contributed by atoms with Gasteiger partial charge in [0.25, 0.3) is 0 Å². The quantitative estimate of drug-likeness (QED) is 0.348. The van der Waals surface area contributed by atoms with Gasteiger partial charge >= 0.3 is 0 Å². The number of halogens is 2. The molecule has 0 aliphatic carbocycles. The van der Waals surface area contributed by atoms with Gasteiger partial charge in [0, 0.05) is 55.9 Å². The Morgan fingerprint density at radius 1 is 0.778 bits per heavy atom. The molecule has 2 saturated heterocycles. The summed E-state index contributed by atoms with van der Waals surface area (Å²) >= 11 is 12.5. The Balaban J connectivity index is 1.29. The smallest absolute Gasteiger partial charge is 0.229 e. The summed E-state index contributed by atoms with van der Waals surface area (Å²) in [5.41, 5.74) is 2.98. The van der Waals surface area contributed by atoms with E-state index in [1.165, 1.54) is 19.3 Å². The maximum absolute atomic E-state index is 6.43. The maximum atomic E-state index is 6.43. The minimum Gasteiger partial charge on any atom is -0.353 e. The number of aromatic nitrogens is 4. The number of para-hydroxylation sites is 1. The van der Waals surface area contributed by atoms with E-state index in [9.17, 15) is 0 Å². The summed E-state index contributed by atoms with van der Waals surface area (Å²) in [4.78, 5) is 17.3. The number of nitrogens with zero attached hydrogens (tertiary/aromatic N) is 7. The van der Waals surface area contributed by atoms with Gasteiger partial charge in [-0.15, -0.1) is 0 Å². The van der Waals surface area contributed by atoms with E-state index in [1.54, 1.807) is 0 Å². The van der Waals surface area contributed by atoms with Crippen LogP contribution in [0.25, 0.3) is 16.7 Å². The van der Waals surface area contributed by atoms with E-state index >= 15 is 0 Å². The van der Waals surface area contributed by atoms with Gasteiger partial charge < -0.3 is 9.80 Å². The van der Waals surface area contributed by atoms with Gasteiger partial charge in [0.1, 0.15) is 5.82 Å². The third-order valence-electron chi connectivity index (χ3n) is 7.12. The second-order valence-electron chi connectivity index (χ2n) is 9.52. The molecule has 4 heterocycles. The van der Waals surface area contributed by atoms with Gasteiger partial charge in [0.15, 0.2) is 5.65 Å². The molecule has 0 radical (unpaired) electrons. The van der Waals surface area contributed by atoms with Crippen LogP contribution in [0.4, 0.5) is 11.8 Å². The van der Waals surface area contributed by atoms with E-state index in [4.69, 9.17) is 38.3 Å². The Hall–Kier alpha value is -2.87. The van der Waals surface area contributed by atoms with E-state index in [2.05, 4.69) is 26.8 Å². The molecule has 0 atom stereocenters. The lowest BCUT2D eigenvalue weighted by atomic mass is 10.1. The lowest BCUT2D eigenvalue weighted by molar-refractivity contribution is 0.249. The minimum atomic E-state index is 0.668. The molecule has 0 bridgehead atoms. The molecule has 2 aliphatic rings. The first-order valence-corrected chi connectivity index (χ1v) is 13.4. The van der Waals surface area contributed by atoms with Gasteiger partial charge in [0.2, 0.25) is 5.95 Å². The predicted molar refractivity (Wildman–Crippen MR) is 147 cm³/mol. The molecule has 0 spiro atoms. The van der Waals surface area contributed by atoms with E-state index in [1.807, 2.05) is 47.3 Å². The fraction of sp³-hybridized carbons (Fsp3) is 0.370. The van der Waals surface area contributed by atoms with E-state index in [-0.39, 0.29) is 0 Å². The van der Waals surface area contributed by atoms with Crippen LogP contribution in [0, 0.1) is 0 Å². The summed E-state index contributed by atoms with van der Waals surface area (Å²) < 4.78 is 1.94. The van der Waals surface area contributed by atoms with Crippen molar-refractivity contribution in [1.29, 1.82) is 0 Å². The largest absolute Gasteiger partial charge is 0.353 e. The first kappa shape index (κ1) is 23.5. The third-order valence-corrected chi connectivity index (χ3v) is 7.70. The second-order valence-corrected chi connectivity index (χ2v) is 10.4. The van der Waals surface area contributed by atoms with Crippen molar-refractivity contribution < 1.29 is 0 Å². The maximum Gasteiger partial charge on any atom is 0.229 e. The van der Waals surface area contributed by atoms with Crippen LogP contribution in [-0.2, 0) is 6.54 Å². The number of hydrogen-bond donors (Lipinski definition) is 0. The standard InChI is InChI=1S/C27H29Cl2N7/c28-21-10-9-20(24(29)17-21)19-33-13-15-34(16-14-33)25-23-18-30-36(22-7-3-1-4-8-22)26(23)32-27(31-25)35-11-5-2-6-12-35/h1,3-4,7-10,17-18H,2,5-6,11-16,19H2. The van der Waals surface area contributed by atoms with Crippen LogP contribution in [0.3, 0.4) is 0 Å². The molecule has 36 heavy (non-hydrogen) atoms. The number of piperazine rings is 1. The van der Waals surface area contributed by atoms with E-state index in [0.717, 1.165) is 84.9 Å². The van der Waals surface area contributed by atoms with Crippen LogP contribution in [0.2, 0.25) is 10.0 Å². The molecule has 0 N–H and O–H groups in total. The highest BCUT2D eigenvalue weighted by Gasteiger charge is 2.25. The molecule has 186 valence electrons. The number of piperidine rings is 1. The number of hydrogen-bond acceptors (Lipinski definition) is 6. The normalized spacial score (nSPS) is 17.2. The first-order valence-electron chi connectivity index (χ1n) is 12.6. The Bertz CT molecular complexity index is 1340. The number of rotatable bonds is 5. The van der Waals surface area contributed by atoms with Crippen molar-refractivity contribution in [3.8, 4) is 5.69 Å². The minimum absolute atomic E-state index is 0.668. The number of anilines is 2. The van der Waals surface area contributed by atoms with Crippen molar-refractivity contribution in [3.63, 3.8) is 0 Å². The molecule has 2 aromatic heterocycles. The van der Waals surface area contributed by atoms with Gasteiger partial charge in [-0.1, -0.05) is 47.5 Å². The van der Waals surface area contributed by atoms with Gasteiger partial charge in [-0.3, -0.25) is 4.90 Å². The number of benzene rings is 2. The van der Waals surface area contributed by atoms with Crippen molar-refractivity contribution in [2.75, 3.05) is 49.1 Å². The van der Waals surface area contributed by atoms with Crippen molar-refractivity contribution in [2.45, 2.75) is 25.8 Å².